The van der Waals surface area contributed by atoms with Gasteiger partial charge in [-0.2, -0.15) is 0 Å². The maximum absolute atomic E-state index is 11.4. The van der Waals surface area contributed by atoms with E-state index in [9.17, 15) is 4.79 Å². The van der Waals surface area contributed by atoms with Gasteiger partial charge in [-0.25, -0.2) is 0 Å². The predicted octanol–water partition coefficient (Wildman–Crippen LogP) is 1.19. The van der Waals surface area contributed by atoms with E-state index >= 15 is 0 Å². The zero-order valence-electron chi connectivity index (χ0n) is 10.4. The van der Waals surface area contributed by atoms with Crippen molar-refractivity contribution in [2.45, 2.75) is 57.6 Å². The molecule has 0 radical (unpaired) electrons. The van der Waals surface area contributed by atoms with Gasteiger partial charge in [-0.1, -0.05) is 19.3 Å². The summed E-state index contributed by atoms with van der Waals surface area (Å²) in [5.41, 5.74) is 6.02. The van der Waals surface area contributed by atoms with Crippen LogP contribution in [0.5, 0.6) is 0 Å². The van der Waals surface area contributed by atoms with Crippen LogP contribution >= 0.6 is 0 Å². The molecule has 1 rings (SSSR count). The molecule has 0 aromatic rings. The van der Waals surface area contributed by atoms with Crippen molar-refractivity contribution in [2.24, 2.45) is 5.73 Å². The molecule has 4 nitrogen and oxygen atoms in total. The molecular formula is C12H24N2O2. The molecule has 1 aliphatic rings. The van der Waals surface area contributed by atoms with Gasteiger partial charge in [0.05, 0.1) is 6.61 Å². The number of likely N-dealkylation sites (N-methyl/N-ethyl adjacent to an activating group) is 1. The van der Waals surface area contributed by atoms with Crippen LogP contribution in [0.4, 0.5) is 0 Å². The van der Waals surface area contributed by atoms with E-state index in [0.717, 1.165) is 12.8 Å². The number of rotatable bonds is 5. The van der Waals surface area contributed by atoms with Gasteiger partial charge in [0.1, 0.15) is 6.10 Å². The molecule has 16 heavy (non-hydrogen) atoms. The van der Waals surface area contributed by atoms with Crippen molar-refractivity contribution >= 4 is 5.91 Å². The number of carbonyl (C=O) groups excluding carboxylic acids is 1. The highest BCUT2D eigenvalue weighted by atomic mass is 16.5. The predicted molar refractivity (Wildman–Crippen MR) is 64.1 cm³/mol. The standard InChI is InChI=1S/C12H24N2O2/c1-3-14-11(15)10(2)16-9-12(13)7-5-4-6-8-12/h10H,3-9,13H2,1-2H3,(H,14,15). The molecule has 0 saturated heterocycles. The average molecular weight is 228 g/mol. The molecule has 94 valence electrons. The van der Waals surface area contributed by atoms with Crippen LogP contribution in [0, 0.1) is 0 Å². The van der Waals surface area contributed by atoms with E-state index in [2.05, 4.69) is 5.32 Å². The minimum Gasteiger partial charge on any atom is -0.367 e. The van der Waals surface area contributed by atoms with Gasteiger partial charge in [0.15, 0.2) is 0 Å². The first-order chi connectivity index (χ1) is 7.57. The molecule has 1 fully saturated rings. The van der Waals surface area contributed by atoms with E-state index in [1.807, 2.05) is 6.92 Å². The smallest absolute Gasteiger partial charge is 0.248 e. The number of amides is 1. The number of nitrogens with one attached hydrogen (secondary N) is 1. The zero-order valence-corrected chi connectivity index (χ0v) is 10.4. The van der Waals surface area contributed by atoms with Crippen molar-refractivity contribution in [1.29, 1.82) is 0 Å². The number of carbonyl (C=O) groups is 1. The summed E-state index contributed by atoms with van der Waals surface area (Å²) in [7, 11) is 0. The molecule has 1 saturated carbocycles. The number of nitrogens with two attached hydrogens (primary N) is 1. The fourth-order valence-corrected chi connectivity index (χ4v) is 2.08. The summed E-state index contributed by atoms with van der Waals surface area (Å²) in [6.07, 6.45) is 5.24. The topological polar surface area (TPSA) is 64.3 Å². The summed E-state index contributed by atoms with van der Waals surface area (Å²) in [6.45, 7) is 4.80. The van der Waals surface area contributed by atoms with Crippen molar-refractivity contribution in [3.05, 3.63) is 0 Å². The van der Waals surface area contributed by atoms with Crippen LogP contribution in [0.25, 0.3) is 0 Å². The summed E-state index contributed by atoms with van der Waals surface area (Å²) in [5, 5.41) is 2.74. The van der Waals surface area contributed by atoms with Crippen LogP contribution in [0.1, 0.15) is 46.0 Å². The van der Waals surface area contributed by atoms with Crippen molar-refractivity contribution in [1.82, 2.24) is 5.32 Å². The Balaban J connectivity index is 2.29. The third-order valence-corrected chi connectivity index (χ3v) is 3.19. The van der Waals surface area contributed by atoms with Gasteiger partial charge in [-0.15, -0.1) is 0 Å². The lowest BCUT2D eigenvalue weighted by Gasteiger charge is -2.33. The normalized spacial score (nSPS) is 21.4. The van der Waals surface area contributed by atoms with Crippen molar-refractivity contribution < 1.29 is 9.53 Å². The summed E-state index contributed by atoms with van der Waals surface area (Å²) < 4.78 is 5.56. The highest BCUT2D eigenvalue weighted by Crippen LogP contribution is 2.26. The van der Waals surface area contributed by atoms with Crippen LogP contribution in [-0.2, 0) is 9.53 Å². The van der Waals surface area contributed by atoms with Crippen LogP contribution in [-0.4, -0.2) is 30.7 Å². The molecule has 0 aromatic heterocycles. The van der Waals surface area contributed by atoms with Gasteiger partial charge in [0.2, 0.25) is 5.91 Å². The number of hydrogen-bond acceptors (Lipinski definition) is 3. The molecule has 4 heteroatoms. The zero-order chi connectivity index (χ0) is 12.0. The van der Waals surface area contributed by atoms with Gasteiger partial charge in [0.25, 0.3) is 0 Å². The second-order valence-electron chi connectivity index (χ2n) is 4.77. The minimum absolute atomic E-state index is 0.0538. The number of ether oxygens (including phenoxy) is 1. The maximum Gasteiger partial charge on any atom is 0.248 e. The van der Waals surface area contributed by atoms with Gasteiger partial charge in [-0.3, -0.25) is 4.79 Å². The second kappa shape index (κ2) is 6.21. The third kappa shape index (κ3) is 4.10. The van der Waals surface area contributed by atoms with Crippen LogP contribution in [0.2, 0.25) is 0 Å². The first-order valence-corrected chi connectivity index (χ1v) is 6.25. The molecule has 1 aliphatic carbocycles. The Bertz CT molecular complexity index is 225. The first kappa shape index (κ1) is 13.5. The van der Waals surface area contributed by atoms with Gasteiger partial charge < -0.3 is 15.8 Å². The summed E-state index contributed by atoms with van der Waals surface area (Å²) in [6, 6.07) is 0. The Labute approximate surface area is 97.9 Å². The monoisotopic (exact) mass is 228 g/mol. The molecule has 0 aromatic carbocycles. The van der Waals surface area contributed by atoms with Gasteiger partial charge in [-0.05, 0) is 26.7 Å². The largest absolute Gasteiger partial charge is 0.367 e. The van der Waals surface area contributed by atoms with E-state index in [1.54, 1.807) is 6.92 Å². The molecule has 0 bridgehead atoms. The molecule has 1 amide bonds. The van der Waals surface area contributed by atoms with Gasteiger partial charge in [0, 0.05) is 12.1 Å². The fourth-order valence-electron chi connectivity index (χ4n) is 2.08. The highest BCUT2D eigenvalue weighted by molar-refractivity contribution is 5.80. The molecular weight excluding hydrogens is 204 g/mol. The Hall–Kier alpha value is -0.610. The fraction of sp³-hybridized carbons (Fsp3) is 0.917. The lowest BCUT2D eigenvalue weighted by Crippen LogP contribution is -2.48. The summed E-state index contributed by atoms with van der Waals surface area (Å²) in [5.74, 6) is -0.0538. The molecule has 0 aliphatic heterocycles. The van der Waals surface area contributed by atoms with Crippen LogP contribution < -0.4 is 11.1 Å². The van der Waals surface area contributed by atoms with Crippen molar-refractivity contribution in [3.8, 4) is 0 Å². The molecule has 0 spiro atoms. The van der Waals surface area contributed by atoms with Crippen molar-refractivity contribution in [2.75, 3.05) is 13.2 Å². The lowest BCUT2D eigenvalue weighted by molar-refractivity contribution is -0.132. The Morgan fingerprint density at radius 2 is 2.06 bits per heavy atom. The van der Waals surface area contributed by atoms with E-state index in [-0.39, 0.29) is 11.4 Å². The molecule has 3 N–H and O–H groups in total. The second-order valence-corrected chi connectivity index (χ2v) is 4.77. The quantitative estimate of drug-likeness (QED) is 0.743. The van der Waals surface area contributed by atoms with E-state index < -0.39 is 6.10 Å². The lowest BCUT2D eigenvalue weighted by atomic mass is 9.83. The Morgan fingerprint density at radius 1 is 1.44 bits per heavy atom. The molecule has 1 unspecified atom stereocenters. The summed E-state index contributed by atoms with van der Waals surface area (Å²) in [4.78, 5) is 11.4. The van der Waals surface area contributed by atoms with Crippen LogP contribution in [0.3, 0.4) is 0 Å². The van der Waals surface area contributed by atoms with Gasteiger partial charge >= 0.3 is 0 Å². The van der Waals surface area contributed by atoms with E-state index in [0.29, 0.717) is 13.2 Å². The summed E-state index contributed by atoms with van der Waals surface area (Å²) >= 11 is 0. The Morgan fingerprint density at radius 3 is 2.62 bits per heavy atom. The highest BCUT2D eigenvalue weighted by Gasteiger charge is 2.29. The Kier molecular flexibility index (Phi) is 5.22. The van der Waals surface area contributed by atoms with E-state index in [4.69, 9.17) is 10.5 Å². The third-order valence-electron chi connectivity index (χ3n) is 3.19. The molecule has 0 heterocycles. The average Bonchev–Trinajstić information content (AvgIpc) is 2.27. The number of hydrogen-bond donors (Lipinski definition) is 2. The van der Waals surface area contributed by atoms with Crippen LogP contribution in [0.15, 0.2) is 0 Å². The molecule has 1 atom stereocenters. The van der Waals surface area contributed by atoms with Crippen molar-refractivity contribution in [3.63, 3.8) is 0 Å². The SMILES string of the molecule is CCNC(=O)C(C)OCC1(N)CCCCC1. The minimum atomic E-state index is -0.401. The first-order valence-electron chi connectivity index (χ1n) is 6.25. The van der Waals surface area contributed by atoms with E-state index in [1.165, 1.54) is 19.3 Å². The maximum atomic E-state index is 11.4.